The van der Waals surface area contributed by atoms with Gasteiger partial charge in [-0.3, -0.25) is 0 Å². The molecule has 2 aromatic rings. The first-order chi connectivity index (χ1) is 8.69. The van der Waals surface area contributed by atoms with Gasteiger partial charge in [-0.25, -0.2) is 8.78 Å². The van der Waals surface area contributed by atoms with Gasteiger partial charge in [-0.15, -0.1) is 0 Å². The van der Waals surface area contributed by atoms with Gasteiger partial charge in [0.05, 0.1) is 6.54 Å². The average molecular weight is 253 g/mol. The van der Waals surface area contributed by atoms with Gasteiger partial charge in [0, 0.05) is 12.5 Å². The topological polar surface area (TPSA) is 51.0 Å². The van der Waals surface area contributed by atoms with Crippen LogP contribution in [0, 0.1) is 11.6 Å². The molecule has 0 spiro atoms. The summed E-state index contributed by atoms with van der Waals surface area (Å²) in [6, 6.07) is 3.43. The zero-order chi connectivity index (χ0) is 13.0. The lowest BCUT2D eigenvalue weighted by Gasteiger charge is -1.99. The number of benzene rings is 1. The van der Waals surface area contributed by atoms with Crippen molar-refractivity contribution in [1.82, 2.24) is 15.5 Å². The van der Waals surface area contributed by atoms with Gasteiger partial charge in [0.2, 0.25) is 5.89 Å². The minimum absolute atomic E-state index is 0.182. The van der Waals surface area contributed by atoms with Gasteiger partial charge in [-0.2, -0.15) is 4.98 Å². The van der Waals surface area contributed by atoms with Gasteiger partial charge >= 0.3 is 0 Å². The number of nitrogens with one attached hydrogen (secondary N) is 1. The maximum Gasteiger partial charge on any atom is 0.240 e. The molecule has 0 fully saturated rings. The van der Waals surface area contributed by atoms with Crippen molar-refractivity contribution in [3.05, 3.63) is 47.1 Å². The highest BCUT2D eigenvalue weighted by molar-refractivity contribution is 5.21. The fourth-order valence-electron chi connectivity index (χ4n) is 1.50. The van der Waals surface area contributed by atoms with E-state index in [0.717, 1.165) is 12.6 Å². The normalized spacial score (nSPS) is 10.8. The van der Waals surface area contributed by atoms with Crippen molar-refractivity contribution in [1.29, 1.82) is 0 Å². The van der Waals surface area contributed by atoms with Crippen molar-refractivity contribution in [2.75, 3.05) is 6.54 Å². The molecule has 1 aromatic carbocycles. The maximum atomic E-state index is 13.4. The summed E-state index contributed by atoms with van der Waals surface area (Å²) in [4.78, 5) is 4.11. The summed E-state index contributed by atoms with van der Waals surface area (Å²) in [5.41, 5.74) is 0.340. The van der Waals surface area contributed by atoms with E-state index in [1.165, 1.54) is 12.1 Å². The number of nitrogens with zero attached hydrogens (tertiary/aromatic N) is 2. The quantitative estimate of drug-likeness (QED) is 0.886. The van der Waals surface area contributed by atoms with E-state index in [1.807, 2.05) is 6.92 Å². The number of hydrogen-bond donors (Lipinski definition) is 1. The fraction of sp³-hybridized carbons (Fsp3) is 0.333. The van der Waals surface area contributed by atoms with Crippen LogP contribution in [-0.4, -0.2) is 16.7 Å². The third-order valence-corrected chi connectivity index (χ3v) is 2.40. The molecular formula is C12H13F2N3O. The predicted octanol–water partition coefficient (Wildman–Crippen LogP) is 2.05. The molecule has 96 valence electrons. The molecule has 1 aromatic heterocycles. The van der Waals surface area contributed by atoms with Crippen molar-refractivity contribution in [2.24, 2.45) is 0 Å². The minimum atomic E-state index is -0.604. The van der Waals surface area contributed by atoms with E-state index in [1.54, 1.807) is 0 Å². The van der Waals surface area contributed by atoms with Crippen LogP contribution in [0.3, 0.4) is 0 Å². The third kappa shape index (κ3) is 3.10. The van der Waals surface area contributed by atoms with E-state index in [0.29, 0.717) is 23.8 Å². The highest BCUT2D eigenvalue weighted by Crippen LogP contribution is 2.13. The zero-order valence-corrected chi connectivity index (χ0v) is 9.91. The number of hydrogen-bond acceptors (Lipinski definition) is 4. The van der Waals surface area contributed by atoms with Crippen LogP contribution < -0.4 is 5.32 Å². The van der Waals surface area contributed by atoms with E-state index < -0.39 is 11.6 Å². The monoisotopic (exact) mass is 253 g/mol. The molecule has 0 unspecified atom stereocenters. The summed E-state index contributed by atoms with van der Waals surface area (Å²) in [7, 11) is 0. The second kappa shape index (κ2) is 5.68. The molecule has 1 N–H and O–H groups in total. The van der Waals surface area contributed by atoms with E-state index in [2.05, 4.69) is 15.5 Å². The molecule has 2 rings (SSSR count). The van der Waals surface area contributed by atoms with E-state index in [4.69, 9.17) is 4.52 Å². The van der Waals surface area contributed by atoms with Gasteiger partial charge in [0.25, 0.3) is 0 Å². The van der Waals surface area contributed by atoms with E-state index in [-0.39, 0.29) is 6.42 Å². The fourth-order valence-corrected chi connectivity index (χ4v) is 1.50. The summed E-state index contributed by atoms with van der Waals surface area (Å²) < 4.78 is 31.1. The third-order valence-electron chi connectivity index (χ3n) is 2.40. The molecule has 0 aliphatic rings. The summed E-state index contributed by atoms with van der Waals surface area (Å²) in [5, 5.41) is 6.78. The SMILES string of the molecule is CCNCc1nc(Cc2ccc(F)cc2F)no1. The van der Waals surface area contributed by atoms with Gasteiger partial charge in [0.1, 0.15) is 11.6 Å². The lowest BCUT2D eigenvalue weighted by atomic mass is 10.1. The van der Waals surface area contributed by atoms with Gasteiger partial charge in [-0.05, 0) is 18.2 Å². The second-order valence-electron chi connectivity index (χ2n) is 3.80. The van der Waals surface area contributed by atoms with Gasteiger partial charge in [0.15, 0.2) is 5.82 Å². The molecule has 0 bridgehead atoms. The first kappa shape index (κ1) is 12.6. The largest absolute Gasteiger partial charge is 0.338 e. The van der Waals surface area contributed by atoms with Crippen molar-refractivity contribution in [2.45, 2.75) is 19.9 Å². The van der Waals surface area contributed by atoms with Crippen LogP contribution in [0.25, 0.3) is 0 Å². The molecule has 0 amide bonds. The summed E-state index contributed by atoms with van der Waals surface area (Å²) in [6.07, 6.45) is 0.182. The Labute approximate surface area is 103 Å². The molecular weight excluding hydrogens is 240 g/mol. The van der Waals surface area contributed by atoms with Crippen molar-refractivity contribution in [3.8, 4) is 0 Å². The van der Waals surface area contributed by atoms with Crippen LogP contribution in [0.4, 0.5) is 8.78 Å². The van der Waals surface area contributed by atoms with E-state index in [9.17, 15) is 8.78 Å². The molecule has 18 heavy (non-hydrogen) atoms. The Kier molecular flexibility index (Phi) is 3.99. The lowest BCUT2D eigenvalue weighted by molar-refractivity contribution is 0.364. The molecule has 6 heteroatoms. The molecule has 0 saturated heterocycles. The smallest absolute Gasteiger partial charge is 0.240 e. The Morgan fingerprint density at radius 2 is 2.17 bits per heavy atom. The summed E-state index contributed by atoms with van der Waals surface area (Å²) in [6.45, 7) is 3.24. The van der Waals surface area contributed by atoms with Crippen molar-refractivity contribution < 1.29 is 13.3 Å². The zero-order valence-electron chi connectivity index (χ0n) is 9.91. The van der Waals surface area contributed by atoms with Gasteiger partial charge < -0.3 is 9.84 Å². The van der Waals surface area contributed by atoms with E-state index >= 15 is 0 Å². The first-order valence-corrected chi connectivity index (χ1v) is 5.65. The van der Waals surface area contributed by atoms with Crippen molar-refractivity contribution in [3.63, 3.8) is 0 Å². The van der Waals surface area contributed by atoms with Crippen LogP contribution in [-0.2, 0) is 13.0 Å². The number of aromatic nitrogens is 2. The lowest BCUT2D eigenvalue weighted by Crippen LogP contribution is -2.11. The second-order valence-corrected chi connectivity index (χ2v) is 3.80. The Morgan fingerprint density at radius 3 is 2.89 bits per heavy atom. The molecule has 0 atom stereocenters. The minimum Gasteiger partial charge on any atom is -0.338 e. The Bertz CT molecular complexity index is 528. The standard InChI is InChI=1S/C12H13F2N3O/c1-2-15-7-12-16-11(17-18-12)5-8-3-4-9(13)6-10(8)14/h3-4,6,15H,2,5,7H2,1H3. The van der Waals surface area contributed by atoms with Crippen LogP contribution in [0.15, 0.2) is 22.7 Å². The molecule has 0 aliphatic heterocycles. The van der Waals surface area contributed by atoms with Gasteiger partial charge in [-0.1, -0.05) is 18.1 Å². The summed E-state index contributed by atoms with van der Waals surface area (Å²) >= 11 is 0. The number of rotatable bonds is 5. The predicted molar refractivity (Wildman–Crippen MR) is 60.8 cm³/mol. The first-order valence-electron chi connectivity index (χ1n) is 5.65. The van der Waals surface area contributed by atoms with Crippen LogP contribution in [0.2, 0.25) is 0 Å². The molecule has 0 saturated carbocycles. The molecule has 0 aliphatic carbocycles. The highest BCUT2D eigenvalue weighted by Gasteiger charge is 2.10. The Morgan fingerprint density at radius 1 is 1.33 bits per heavy atom. The van der Waals surface area contributed by atoms with Crippen LogP contribution in [0.5, 0.6) is 0 Å². The number of halogens is 2. The average Bonchev–Trinajstić information content (AvgIpc) is 2.78. The Balaban J connectivity index is 2.06. The highest BCUT2D eigenvalue weighted by atomic mass is 19.1. The molecule has 1 heterocycles. The van der Waals surface area contributed by atoms with Crippen molar-refractivity contribution >= 4 is 0 Å². The maximum absolute atomic E-state index is 13.4. The Hall–Kier alpha value is -1.82. The molecule has 0 radical (unpaired) electrons. The molecule has 4 nitrogen and oxygen atoms in total. The van der Waals surface area contributed by atoms with Crippen LogP contribution >= 0.6 is 0 Å². The van der Waals surface area contributed by atoms with Crippen LogP contribution in [0.1, 0.15) is 24.2 Å². The summed E-state index contributed by atoms with van der Waals surface area (Å²) in [5.74, 6) is -0.368.